The Morgan fingerprint density at radius 1 is 0.440 bits per heavy atom. The van der Waals surface area contributed by atoms with Gasteiger partial charge in [0.1, 0.15) is 6.61 Å². The van der Waals surface area contributed by atoms with Crippen molar-refractivity contribution >= 4 is 19.8 Å². The molecule has 0 aromatic rings. The maximum atomic E-state index is 12.4. The lowest BCUT2D eigenvalue weighted by Crippen LogP contribution is -2.29. The van der Waals surface area contributed by atoms with Crippen LogP contribution >= 0.6 is 7.82 Å². The minimum absolute atomic E-state index is 0.220. The molecule has 0 aromatic carbocycles. The van der Waals surface area contributed by atoms with Crippen LogP contribution in [0.2, 0.25) is 0 Å². The summed E-state index contributed by atoms with van der Waals surface area (Å²) in [5.41, 5.74) is 0. The summed E-state index contributed by atoms with van der Waals surface area (Å²) in [7, 11) is -4.74. The molecule has 0 unspecified atom stereocenters. The third-order valence-electron chi connectivity index (χ3n) is 9.63. The summed E-state index contributed by atoms with van der Waals surface area (Å²) in [5.74, 6) is -0.868. The van der Waals surface area contributed by atoms with Crippen LogP contribution in [-0.2, 0) is 28.2 Å². The Bertz CT molecular complexity index is 787. The van der Waals surface area contributed by atoms with Crippen molar-refractivity contribution in [2.45, 2.75) is 238 Å². The Kier molecular flexibility index (Phi) is 37.1. The molecule has 0 fully saturated rings. The lowest BCUT2D eigenvalue weighted by atomic mass is 10.0. The van der Waals surface area contributed by atoms with Gasteiger partial charge in [0.2, 0.25) is 0 Å². The van der Waals surface area contributed by atoms with Gasteiger partial charge in [0, 0.05) is 12.8 Å². The standard InChI is InChI=1S/C41H81O8P/c1-3-5-7-9-11-13-15-17-18-19-20-21-22-24-26-28-30-32-34-36-41(43)49-39(38-48-50(44,45)46)37-47-40(42)35-33-31-29-27-25-23-16-14-12-10-8-6-4-2/h39H,3-38H2,1-2H3,(H2,44,45,46)/t39-/m1/s1. The largest absolute Gasteiger partial charge is 0.469 e. The van der Waals surface area contributed by atoms with E-state index in [1.807, 2.05) is 0 Å². The Labute approximate surface area is 308 Å². The molecule has 0 aliphatic rings. The number of carbonyl (C=O) groups is 2. The molecule has 2 N–H and O–H groups in total. The zero-order valence-corrected chi connectivity index (χ0v) is 33.7. The highest BCUT2D eigenvalue weighted by Gasteiger charge is 2.22. The predicted octanol–water partition coefficient (Wildman–Crippen LogP) is 12.9. The monoisotopic (exact) mass is 733 g/mol. The van der Waals surface area contributed by atoms with Gasteiger partial charge in [0.25, 0.3) is 0 Å². The molecule has 298 valence electrons. The summed E-state index contributed by atoms with van der Waals surface area (Å²) in [6.45, 7) is 3.72. The number of phosphoric acid groups is 1. The zero-order valence-electron chi connectivity index (χ0n) is 32.8. The van der Waals surface area contributed by atoms with Gasteiger partial charge < -0.3 is 19.3 Å². The van der Waals surface area contributed by atoms with Gasteiger partial charge in [0.05, 0.1) is 6.61 Å². The molecule has 0 amide bonds. The van der Waals surface area contributed by atoms with E-state index in [2.05, 4.69) is 18.4 Å². The Balaban J connectivity index is 3.83. The maximum Gasteiger partial charge on any atom is 0.469 e. The third-order valence-corrected chi connectivity index (χ3v) is 10.1. The van der Waals surface area contributed by atoms with Crippen LogP contribution in [0.4, 0.5) is 0 Å². The van der Waals surface area contributed by atoms with Gasteiger partial charge in [0.15, 0.2) is 6.10 Å². The number of hydrogen-bond donors (Lipinski definition) is 2. The summed E-state index contributed by atoms with van der Waals surface area (Å²) in [5, 5.41) is 0. The van der Waals surface area contributed by atoms with Crippen LogP contribution in [0.5, 0.6) is 0 Å². The van der Waals surface area contributed by atoms with Crippen LogP contribution in [0.25, 0.3) is 0 Å². The smallest absolute Gasteiger partial charge is 0.462 e. The van der Waals surface area contributed by atoms with E-state index >= 15 is 0 Å². The average Bonchev–Trinajstić information content (AvgIpc) is 3.08. The van der Waals surface area contributed by atoms with E-state index < -0.39 is 32.5 Å². The molecule has 0 spiro atoms. The van der Waals surface area contributed by atoms with Gasteiger partial charge in [-0.3, -0.25) is 14.1 Å². The van der Waals surface area contributed by atoms with Crippen LogP contribution in [0, 0.1) is 0 Å². The molecule has 8 nitrogen and oxygen atoms in total. The van der Waals surface area contributed by atoms with Gasteiger partial charge in [-0.2, -0.15) is 0 Å². The number of carbonyl (C=O) groups excluding carboxylic acids is 2. The third kappa shape index (κ3) is 39.8. The summed E-state index contributed by atoms with van der Waals surface area (Å²) < 4.78 is 26.4. The van der Waals surface area contributed by atoms with Crippen LogP contribution in [0.1, 0.15) is 232 Å². The van der Waals surface area contributed by atoms with Crippen molar-refractivity contribution in [3.05, 3.63) is 0 Å². The van der Waals surface area contributed by atoms with Crippen molar-refractivity contribution in [1.82, 2.24) is 0 Å². The lowest BCUT2D eigenvalue weighted by Gasteiger charge is -2.18. The number of ether oxygens (including phenoxy) is 2. The highest BCUT2D eigenvalue weighted by Crippen LogP contribution is 2.36. The van der Waals surface area contributed by atoms with Crippen LogP contribution in [0.3, 0.4) is 0 Å². The number of unbranched alkanes of at least 4 members (excludes halogenated alkanes) is 30. The highest BCUT2D eigenvalue weighted by molar-refractivity contribution is 7.46. The summed E-state index contributed by atoms with van der Waals surface area (Å²) in [6.07, 6.45) is 39.7. The van der Waals surface area contributed by atoms with Crippen LogP contribution < -0.4 is 0 Å². The fraction of sp³-hybridized carbons (Fsp3) is 0.951. The molecular formula is C41H81O8P. The van der Waals surface area contributed by atoms with Crippen molar-refractivity contribution in [1.29, 1.82) is 0 Å². The fourth-order valence-corrected chi connectivity index (χ4v) is 6.79. The van der Waals surface area contributed by atoms with Crippen molar-refractivity contribution < 1.29 is 37.9 Å². The van der Waals surface area contributed by atoms with Gasteiger partial charge in [-0.05, 0) is 12.8 Å². The molecule has 0 aliphatic heterocycles. The van der Waals surface area contributed by atoms with Gasteiger partial charge in [-0.25, -0.2) is 4.57 Å². The molecule has 9 heteroatoms. The molecule has 0 aromatic heterocycles. The van der Waals surface area contributed by atoms with E-state index in [1.54, 1.807) is 0 Å². The van der Waals surface area contributed by atoms with Crippen LogP contribution in [0.15, 0.2) is 0 Å². The summed E-state index contributed by atoms with van der Waals surface area (Å²) in [4.78, 5) is 42.8. The van der Waals surface area contributed by atoms with E-state index in [-0.39, 0.29) is 19.4 Å². The molecular weight excluding hydrogens is 651 g/mol. The molecule has 0 rings (SSSR count). The Morgan fingerprint density at radius 3 is 1.02 bits per heavy atom. The first-order chi connectivity index (χ1) is 24.3. The second kappa shape index (κ2) is 37.8. The molecule has 50 heavy (non-hydrogen) atoms. The molecule has 0 bridgehead atoms. The first-order valence-corrected chi connectivity index (χ1v) is 22.9. The second-order valence-electron chi connectivity index (χ2n) is 14.7. The molecule has 1 atom stereocenters. The fourth-order valence-electron chi connectivity index (χ4n) is 6.43. The van der Waals surface area contributed by atoms with E-state index in [0.717, 1.165) is 32.1 Å². The lowest BCUT2D eigenvalue weighted by molar-refractivity contribution is -0.161. The molecule has 0 aliphatic carbocycles. The minimum atomic E-state index is -4.74. The van der Waals surface area contributed by atoms with Crippen molar-refractivity contribution in [2.75, 3.05) is 13.2 Å². The summed E-state index contributed by atoms with van der Waals surface area (Å²) in [6, 6.07) is 0. The van der Waals surface area contributed by atoms with Gasteiger partial charge >= 0.3 is 19.8 Å². The van der Waals surface area contributed by atoms with Gasteiger partial charge in [-0.1, -0.05) is 206 Å². The van der Waals surface area contributed by atoms with E-state index in [9.17, 15) is 14.2 Å². The highest BCUT2D eigenvalue weighted by atomic mass is 31.2. The number of esters is 2. The second-order valence-corrected chi connectivity index (χ2v) is 15.9. The molecule has 0 saturated heterocycles. The zero-order chi connectivity index (χ0) is 36.8. The maximum absolute atomic E-state index is 12.4. The van der Waals surface area contributed by atoms with E-state index in [1.165, 1.54) is 167 Å². The van der Waals surface area contributed by atoms with Crippen LogP contribution in [-0.4, -0.2) is 41.0 Å². The first kappa shape index (κ1) is 49.0. The molecule has 0 saturated carbocycles. The Hall–Kier alpha value is -0.950. The summed E-state index contributed by atoms with van der Waals surface area (Å²) >= 11 is 0. The Morgan fingerprint density at radius 2 is 0.720 bits per heavy atom. The van der Waals surface area contributed by atoms with Crippen molar-refractivity contribution in [3.8, 4) is 0 Å². The minimum Gasteiger partial charge on any atom is -0.462 e. The predicted molar refractivity (Wildman–Crippen MR) is 207 cm³/mol. The number of rotatable bonds is 40. The average molecular weight is 733 g/mol. The van der Waals surface area contributed by atoms with E-state index in [0.29, 0.717) is 6.42 Å². The topological polar surface area (TPSA) is 119 Å². The number of phosphoric ester groups is 1. The normalized spacial score (nSPS) is 12.3. The molecule has 0 radical (unpaired) electrons. The number of hydrogen-bond acceptors (Lipinski definition) is 6. The SMILES string of the molecule is CCCCCCCCCCCCCCCCCCCCCC(=O)O[C@H](COC(=O)CCCCCCCCCCCCCCC)COP(=O)(O)O. The van der Waals surface area contributed by atoms with Gasteiger partial charge in [-0.15, -0.1) is 0 Å². The van der Waals surface area contributed by atoms with Crippen molar-refractivity contribution in [2.24, 2.45) is 0 Å². The molecule has 0 heterocycles. The van der Waals surface area contributed by atoms with E-state index in [4.69, 9.17) is 19.3 Å². The van der Waals surface area contributed by atoms with Crippen molar-refractivity contribution in [3.63, 3.8) is 0 Å². The quantitative estimate of drug-likeness (QED) is 0.0363. The first-order valence-electron chi connectivity index (χ1n) is 21.3.